The molecule has 1 aromatic carbocycles. The van der Waals surface area contributed by atoms with Crippen molar-refractivity contribution in [3.63, 3.8) is 0 Å². The first-order valence-electron chi connectivity index (χ1n) is 5.16. The summed E-state index contributed by atoms with van der Waals surface area (Å²) in [6, 6.07) is 4.41. The standard InChI is InChI=1S/C11H13BrN2/c12-9-4-3-8-2-1-6-14-7-5-13-10(9)11(8)14/h3-4,13H,1-2,5-7H2. The van der Waals surface area contributed by atoms with Gasteiger partial charge in [-0.2, -0.15) is 0 Å². The van der Waals surface area contributed by atoms with Gasteiger partial charge in [-0.25, -0.2) is 0 Å². The van der Waals surface area contributed by atoms with Crippen LogP contribution < -0.4 is 10.2 Å². The van der Waals surface area contributed by atoms with Gasteiger partial charge in [0.05, 0.1) is 11.4 Å². The maximum Gasteiger partial charge on any atom is 0.0725 e. The highest BCUT2D eigenvalue weighted by atomic mass is 79.9. The van der Waals surface area contributed by atoms with Crippen molar-refractivity contribution in [2.45, 2.75) is 12.8 Å². The Kier molecular flexibility index (Phi) is 1.94. The monoisotopic (exact) mass is 252 g/mol. The Labute approximate surface area is 92.4 Å². The molecule has 0 fully saturated rings. The van der Waals surface area contributed by atoms with E-state index in [9.17, 15) is 0 Å². The molecule has 0 saturated heterocycles. The summed E-state index contributed by atoms with van der Waals surface area (Å²) in [5.41, 5.74) is 4.24. The SMILES string of the molecule is Brc1ccc2c3c1NCCN3CCC2. The van der Waals surface area contributed by atoms with Gasteiger partial charge in [-0.15, -0.1) is 0 Å². The molecule has 2 aliphatic heterocycles. The maximum absolute atomic E-state index is 3.61. The van der Waals surface area contributed by atoms with Crippen molar-refractivity contribution in [1.82, 2.24) is 0 Å². The van der Waals surface area contributed by atoms with Crippen LogP contribution in [0, 0.1) is 0 Å². The van der Waals surface area contributed by atoms with E-state index in [1.54, 1.807) is 0 Å². The third kappa shape index (κ3) is 1.15. The number of hydrogen-bond acceptors (Lipinski definition) is 2. The number of nitrogens with zero attached hydrogens (tertiary/aromatic N) is 1. The molecule has 74 valence electrons. The summed E-state index contributed by atoms with van der Waals surface area (Å²) < 4.78 is 1.20. The Morgan fingerprint density at radius 3 is 3.14 bits per heavy atom. The summed E-state index contributed by atoms with van der Waals surface area (Å²) in [6.07, 6.45) is 2.53. The number of halogens is 1. The van der Waals surface area contributed by atoms with Gasteiger partial charge >= 0.3 is 0 Å². The van der Waals surface area contributed by atoms with E-state index in [-0.39, 0.29) is 0 Å². The van der Waals surface area contributed by atoms with Crippen LogP contribution in [0.5, 0.6) is 0 Å². The number of hydrogen-bond donors (Lipinski definition) is 1. The average molecular weight is 253 g/mol. The van der Waals surface area contributed by atoms with Crippen LogP contribution in [-0.4, -0.2) is 19.6 Å². The largest absolute Gasteiger partial charge is 0.381 e. The second-order valence-corrected chi connectivity index (χ2v) is 4.80. The molecule has 0 unspecified atom stereocenters. The molecule has 0 atom stereocenters. The fourth-order valence-corrected chi connectivity index (χ4v) is 2.91. The van der Waals surface area contributed by atoms with E-state index < -0.39 is 0 Å². The summed E-state index contributed by atoms with van der Waals surface area (Å²) in [4.78, 5) is 2.51. The van der Waals surface area contributed by atoms with E-state index in [1.165, 1.54) is 40.8 Å². The molecule has 0 spiro atoms. The fourth-order valence-electron chi connectivity index (χ4n) is 2.45. The lowest BCUT2D eigenvalue weighted by Crippen LogP contribution is -2.38. The van der Waals surface area contributed by atoms with E-state index in [1.807, 2.05) is 0 Å². The van der Waals surface area contributed by atoms with Crippen molar-refractivity contribution in [3.05, 3.63) is 22.2 Å². The highest BCUT2D eigenvalue weighted by Crippen LogP contribution is 2.41. The van der Waals surface area contributed by atoms with Gasteiger partial charge in [-0.05, 0) is 40.4 Å². The van der Waals surface area contributed by atoms with Crippen LogP contribution in [0.25, 0.3) is 0 Å². The predicted molar refractivity (Wildman–Crippen MR) is 63.2 cm³/mol. The lowest BCUT2D eigenvalue weighted by molar-refractivity contribution is 0.687. The van der Waals surface area contributed by atoms with Gasteiger partial charge < -0.3 is 10.2 Å². The van der Waals surface area contributed by atoms with E-state index in [0.29, 0.717) is 0 Å². The lowest BCUT2D eigenvalue weighted by atomic mass is 9.99. The van der Waals surface area contributed by atoms with Gasteiger partial charge in [0.1, 0.15) is 0 Å². The molecule has 2 nitrogen and oxygen atoms in total. The Bertz CT molecular complexity index is 374. The normalized spacial score (nSPS) is 18.8. The van der Waals surface area contributed by atoms with Crippen LogP contribution in [-0.2, 0) is 6.42 Å². The molecule has 0 radical (unpaired) electrons. The molecule has 2 heterocycles. The Morgan fingerprint density at radius 2 is 2.21 bits per heavy atom. The minimum atomic E-state index is 1.06. The van der Waals surface area contributed by atoms with Crippen molar-refractivity contribution < 1.29 is 0 Å². The van der Waals surface area contributed by atoms with Crippen molar-refractivity contribution in [2.24, 2.45) is 0 Å². The van der Waals surface area contributed by atoms with Crippen molar-refractivity contribution in [2.75, 3.05) is 29.9 Å². The number of nitrogens with one attached hydrogen (secondary N) is 1. The second kappa shape index (κ2) is 3.16. The molecule has 3 heteroatoms. The molecule has 2 aliphatic rings. The van der Waals surface area contributed by atoms with Gasteiger partial charge in [-0.3, -0.25) is 0 Å². The zero-order chi connectivity index (χ0) is 9.54. The summed E-state index contributed by atoms with van der Waals surface area (Å²) >= 11 is 3.61. The summed E-state index contributed by atoms with van der Waals surface area (Å²) in [7, 11) is 0. The molecule has 1 N–H and O–H groups in total. The first-order valence-corrected chi connectivity index (χ1v) is 5.96. The van der Waals surface area contributed by atoms with E-state index in [0.717, 1.165) is 13.1 Å². The van der Waals surface area contributed by atoms with Gasteiger partial charge in [0.15, 0.2) is 0 Å². The molecule has 14 heavy (non-hydrogen) atoms. The quantitative estimate of drug-likeness (QED) is 0.764. The van der Waals surface area contributed by atoms with Gasteiger partial charge in [0.25, 0.3) is 0 Å². The molecule has 0 bridgehead atoms. The second-order valence-electron chi connectivity index (χ2n) is 3.95. The number of anilines is 2. The van der Waals surface area contributed by atoms with Crippen LogP contribution in [0.1, 0.15) is 12.0 Å². The van der Waals surface area contributed by atoms with E-state index in [2.05, 4.69) is 38.3 Å². The fraction of sp³-hybridized carbons (Fsp3) is 0.455. The van der Waals surface area contributed by atoms with Gasteiger partial charge in [0.2, 0.25) is 0 Å². The summed E-state index contributed by atoms with van der Waals surface area (Å²) in [6.45, 7) is 3.43. The maximum atomic E-state index is 3.61. The van der Waals surface area contributed by atoms with Gasteiger partial charge in [-0.1, -0.05) is 6.07 Å². The molecular weight excluding hydrogens is 240 g/mol. The topological polar surface area (TPSA) is 15.3 Å². The van der Waals surface area contributed by atoms with Crippen LogP contribution >= 0.6 is 15.9 Å². The van der Waals surface area contributed by atoms with Crippen molar-refractivity contribution >= 4 is 27.3 Å². The van der Waals surface area contributed by atoms with Crippen LogP contribution in [0.4, 0.5) is 11.4 Å². The van der Waals surface area contributed by atoms with E-state index >= 15 is 0 Å². The molecule has 3 rings (SSSR count). The highest BCUT2D eigenvalue weighted by Gasteiger charge is 2.24. The number of rotatable bonds is 0. The van der Waals surface area contributed by atoms with E-state index in [4.69, 9.17) is 0 Å². The first-order chi connectivity index (χ1) is 6.86. The Hall–Kier alpha value is -0.700. The van der Waals surface area contributed by atoms with Gasteiger partial charge in [0, 0.05) is 24.1 Å². The van der Waals surface area contributed by atoms with Crippen LogP contribution in [0.3, 0.4) is 0 Å². The minimum absolute atomic E-state index is 1.06. The third-order valence-corrected chi connectivity index (χ3v) is 3.75. The molecule has 0 aromatic heterocycles. The molecule has 0 amide bonds. The smallest absolute Gasteiger partial charge is 0.0725 e. The molecular formula is C11H13BrN2. The molecule has 1 aromatic rings. The highest BCUT2D eigenvalue weighted by molar-refractivity contribution is 9.10. The van der Waals surface area contributed by atoms with Crippen LogP contribution in [0.15, 0.2) is 16.6 Å². The van der Waals surface area contributed by atoms with Crippen molar-refractivity contribution in [1.29, 1.82) is 0 Å². The summed E-state index contributed by atoms with van der Waals surface area (Å²) in [5, 5.41) is 3.48. The predicted octanol–water partition coefficient (Wildman–Crippen LogP) is 2.63. The molecule has 0 aliphatic carbocycles. The zero-order valence-electron chi connectivity index (χ0n) is 8.02. The average Bonchev–Trinajstić information content (AvgIpc) is 2.24. The number of aryl methyl sites for hydroxylation is 1. The zero-order valence-corrected chi connectivity index (χ0v) is 9.60. The Balaban J connectivity index is 2.22. The molecule has 0 saturated carbocycles. The Morgan fingerprint density at radius 1 is 1.29 bits per heavy atom. The lowest BCUT2D eigenvalue weighted by Gasteiger charge is -2.37. The van der Waals surface area contributed by atoms with Crippen molar-refractivity contribution in [3.8, 4) is 0 Å². The van der Waals surface area contributed by atoms with Crippen LogP contribution in [0.2, 0.25) is 0 Å². The first kappa shape index (κ1) is 8.60. The number of benzene rings is 1. The third-order valence-electron chi connectivity index (χ3n) is 3.08. The summed E-state index contributed by atoms with van der Waals surface area (Å²) in [5.74, 6) is 0. The minimum Gasteiger partial charge on any atom is -0.381 e.